The van der Waals surface area contributed by atoms with Crippen molar-refractivity contribution in [2.45, 2.75) is 46.0 Å². The molecule has 1 unspecified atom stereocenters. The zero-order chi connectivity index (χ0) is 14.6. The van der Waals surface area contributed by atoms with Crippen LogP contribution in [-0.2, 0) is 12.7 Å². The highest BCUT2D eigenvalue weighted by Crippen LogP contribution is 2.32. The van der Waals surface area contributed by atoms with Gasteiger partial charge in [0.1, 0.15) is 5.82 Å². The highest BCUT2D eigenvalue weighted by Gasteiger charge is 2.33. The van der Waals surface area contributed by atoms with Crippen LogP contribution >= 0.6 is 0 Å². The van der Waals surface area contributed by atoms with Crippen molar-refractivity contribution in [2.24, 2.45) is 5.92 Å². The van der Waals surface area contributed by atoms with Gasteiger partial charge < -0.3 is 5.32 Å². The van der Waals surface area contributed by atoms with Gasteiger partial charge in [-0.1, -0.05) is 26.8 Å². The molecule has 5 heteroatoms. The molecule has 108 valence electrons. The van der Waals surface area contributed by atoms with E-state index in [1.165, 1.54) is 6.07 Å². The molecule has 0 bridgehead atoms. The maximum absolute atomic E-state index is 13.0. The Labute approximate surface area is 111 Å². The van der Waals surface area contributed by atoms with Gasteiger partial charge in [0.25, 0.3) is 0 Å². The van der Waals surface area contributed by atoms with Crippen LogP contribution in [0.4, 0.5) is 17.6 Å². The lowest BCUT2D eigenvalue weighted by atomic mass is 10.0. The first-order chi connectivity index (χ1) is 8.75. The van der Waals surface area contributed by atoms with Crippen LogP contribution in [0.5, 0.6) is 0 Å². The molecule has 1 atom stereocenters. The first kappa shape index (κ1) is 16.0. The highest BCUT2D eigenvalue weighted by atomic mass is 19.4. The van der Waals surface area contributed by atoms with Gasteiger partial charge in [-0.2, -0.15) is 13.2 Å². The van der Waals surface area contributed by atoms with Crippen molar-refractivity contribution >= 4 is 0 Å². The minimum atomic E-state index is -4.53. The molecule has 1 rings (SSSR count). The molecule has 0 aliphatic rings. The number of nitrogens with one attached hydrogen (secondary N) is 1. The molecule has 1 aromatic rings. The summed E-state index contributed by atoms with van der Waals surface area (Å²) in [6.07, 6.45) is -3.70. The molecule has 0 aliphatic carbocycles. The molecule has 0 aliphatic heterocycles. The Hall–Kier alpha value is -1.10. The monoisotopic (exact) mass is 277 g/mol. The molecule has 0 saturated heterocycles. The fraction of sp³-hybridized carbons (Fsp3) is 0.571. The van der Waals surface area contributed by atoms with E-state index in [0.717, 1.165) is 12.5 Å². The van der Waals surface area contributed by atoms with Gasteiger partial charge in [-0.3, -0.25) is 0 Å². The molecule has 19 heavy (non-hydrogen) atoms. The Morgan fingerprint density at radius 2 is 1.84 bits per heavy atom. The molecule has 0 heterocycles. The smallest absolute Gasteiger partial charge is 0.310 e. The van der Waals surface area contributed by atoms with Crippen LogP contribution in [0, 0.1) is 11.7 Å². The number of benzene rings is 1. The molecule has 1 N–H and O–H groups in total. The predicted molar refractivity (Wildman–Crippen MR) is 67.2 cm³/mol. The van der Waals surface area contributed by atoms with Crippen LogP contribution in [-0.4, -0.2) is 6.04 Å². The number of hydrogen-bond donors (Lipinski definition) is 1. The van der Waals surface area contributed by atoms with Crippen LogP contribution in [0.15, 0.2) is 18.2 Å². The highest BCUT2D eigenvalue weighted by molar-refractivity contribution is 5.30. The summed E-state index contributed by atoms with van der Waals surface area (Å²) >= 11 is 0. The Morgan fingerprint density at radius 1 is 1.21 bits per heavy atom. The minimum absolute atomic E-state index is 0.0769. The second kappa shape index (κ2) is 6.37. The van der Waals surface area contributed by atoms with E-state index >= 15 is 0 Å². The second-order valence-corrected chi connectivity index (χ2v) is 4.94. The molecule has 0 radical (unpaired) electrons. The van der Waals surface area contributed by atoms with Crippen LogP contribution in [0.3, 0.4) is 0 Å². The largest absolute Gasteiger partial charge is 0.416 e. The Balaban J connectivity index is 2.89. The lowest BCUT2D eigenvalue weighted by molar-refractivity contribution is -0.138. The quantitative estimate of drug-likeness (QED) is 0.788. The van der Waals surface area contributed by atoms with Crippen molar-refractivity contribution < 1.29 is 17.6 Å². The number of halogens is 4. The average Bonchev–Trinajstić information content (AvgIpc) is 2.29. The molecule has 1 nitrogen and oxygen atoms in total. The van der Waals surface area contributed by atoms with Crippen molar-refractivity contribution in [3.8, 4) is 0 Å². The van der Waals surface area contributed by atoms with Crippen LogP contribution in [0.1, 0.15) is 38.3 Å². The van der Waals surface area contributed by atoms with Crippen LogP contribution < -0.4 is 5.32 Å². The number of hydrogen-bond acceptors (Lipinski definition) is 1. The summed E-state index contributed by atoms with van der Waals surface area (Å²) < 4.78 is 51.3. The Morgan fingerprint density at radius 3 is 2.32 bits per heavy atom. The topological polar surface area (TPSA) is 12.0 Å². The minimum Gasteiger partial charge on any atom is -0.310 e. The second-order valence-electron chi connectivity index (χ2n) is 4.94. The van der Waals surface area contributed by atoms with Gasteiger partial charge in [0.05, 0.1) is 5.56 Å². The van der Waals surface area contributed by atoms with Crippen molar-refractivity contribution in [2.75, 3.05) is 0 Å². The van der Waals surface area contributed by atoms with Crippen LogP contribution in [0.2, 0.25) is 0 Å². The summed E-state index contributed by atoms with van der Waals surface area (Å²) in [6.45, 7) is 6.09. The molecule has 0 spiro atoms. The third-order valence-corrected chi connectivity index (χ3v) is 3.18. The van der Waals surface area contributed by atoms with E-state index in [9.17, 15) is 17.6 Å². The third-order valence-electron chi connectivity index (χ3n) is 3.18. The zero-order valence-corrected chi connectivity index (χ0v) is 11.3. The molecule has 1 aromatic carbocycles. The first-order valence-electron chi connectivity index (χ1n) is 6.34. The van der Waals surface area contributed by atoms with Crippen molar-refractivity contribution in [3.05, 3.63) is 35.1 Å². The van der Waals surface area contributed by atoms with E-state index in [1.54, 1.807) is 0 Å². The maximum atomic E-state index is 13.0. The molecule has 0 aromatic heterocycles. The van der Waals surface area contributed by atoms with E-state index in [2.05, 4.69) is 5.32 Å². The van der Waals surface area contributed by atoms with Gasteiger partial charge in [-0.05, 0) is 30.0 Å². The van der Waals surface area contributed by atoms with Gasteiger partial charge in [0, 0.05) is 12.6 Å². The lowest BCUT2D eigenvalue weighted by Gasteiger charge is -2.22. The summed E-state index contributed by atoms with van der Waals surface area (Å²) in [6, 6.07) is 2.94. The fourth-order valence-corrected chi connectivity index (χ4v) is 2.06. The molecular formula is C14H19F4N. The van der Waals surface area contributed by atoms with E-state index in [4.69, 9.17) is 0 Å². The summed E-state index contributed by atoms with van der Waals surface area (Å²) in [5.74, 6) is -0.535. The predicted octanol–water partition coefficient (Wildman–Crippen LogP) is 4.37. The standard InChI is InChI=1S/C14H19F4N/c1-4-13(9(2)3)19-8-10-5-6-11(15)7-12(10)14(16,17)18/h5-7,9,13,19H,4,8H2,1-3H3. The normalized spacial score (nSPS) is 13.9. The fourth-order valence-electron chi connectivity index (χ4n) is 2.06. The third kappa shape index (κ3) is 4.49. The van der Waals surface area contributed by atoms with E-state index < -0.39 is 17.6 Å². The van der Waals surface area contributed by atoms with E-state index in [0.29, 0.717) is 12.0 Å². The maximum Gasteiger partial charge on any atom is 0.416 e. The first-order valence-corrected chi connectivity index (χ1v) is 6.34. The van der Waals surface area contributed by atoms with Crippen molar-refractivity contribution in [1.82, 2.24) is 5.32 Å². The summed E-state index contributed by atoms with van der Waals surface area (Å²) in [5.41, 5.74) is -0.827. The molecule has 0 fully saturated rings. The van der Waals surface area contributed by atoms with Gasteiger partial charge >= 0.3 is 6.18 Å². The lowest BCUT2D eigenvalue weighted by Crippen LogP contribution is -2.33. The van der Waals surface area contributed by atoms with Gasteiger partial charge in [0.2, 0.25) is 0 Å². The van der Waals surface area contributed by atoms with E-state index in [1.807, 2.05) is 20.8 Å². The van der Waals surface area contributed by atoms with Gasteiger partial charge in [-0.15, -0.1) is 0 Å². The summed E-state index contributed by atoms with van der Waals surface area (Å²) in [4.78, 5) is 0. The number of rotatable bonds is 5. The van der Waals surface area contributed by atoms with E-state index in [-0.39, 0.29) is 18.2 Å². The molecular weight excluding hydrogens is 258 g/mol. The zero-order valence-electron chi connectivity index (χ0n) is 11.3. The van der Waals surface area contributed by atoms with Crippen molar-refractivity contribution in [1.29, 1.82) is 0 Å². The number of alkyl halides is 3. The van der Waals surface area contributed by atoms with Crippen molar-refractivity contribution in [3.63, 3.8) is 0 Å². The van der Waals surface area contributed by atoms with Gasteiger partial charge in [-0.25, -0.2) is 4.39 Å². The van der Waals surface area contributed by atoms with Gasteiger partial charge in [0.15, 0.2) is 0 Å². The Bertz CT molecular complexity index is 412. The average molecular weight is 277 g/mol. The molecule has 0 saturated carbocycles. The summed E-state index contributed by atoms with van der Waals surface area (Å²) in [7, 11) is 0. The SMILES string of the molecule is CCC(NCc1ccc(F)cc1C(F)(F)F)C(C)C. The van der Waals surface area contributed by atoms with Crippen LogP contribution in [0.25, 0.3) is 0 Å². The molecule has 0 amide bonds. The Kier molecular flexibility index (Phi) is 5.35. The summed E-state index contributed by atoms with van der Waals surface area (Å²) in [5, 5.41) is 3.09.